The Kier molecular flexibility index (Phi) is 5.10. The van der Waals surface area contributed by atoms with Gasteiger partial charge in [0.1, 0.15) is 0 Å². The Balaban J connectivity index is 3.19. The van der Waals surface area contributed by atoms with Gasteiger partial charge in [0.25, 0.3) is 5.88 Å². The highest BCUT2D eigenvalue weighted by Crippen LogP contribution is 2.28. The van der Waals surface area contributed by atoms with Crippen LogP contribution in [0, 0.1) is 5.82 Å². The molecule has 4 nitrogen and oxygen atoms in total. The lowest BCUT2D eigenvalue weighted by molar-refractivity contribution is -0.277. The number of carbonyl (C=O) groups is 1. The molecule has 0 atom stereocenters. The molecule has 19 heavy (non-hydrogen) atoms. The summed E-state index contributed by atoms with van der Waals surface area (Å²) < 4.78 is 57.8. The summed E-state index contributed by atoms with van der Waals surface area (Å²) in [6.45, 7) is 1.58. The van der Waals surface area contributed by atoms with Crippen LogP contribution in [0.3, 0.4) is 0 Å². The summed E-state index contributed by atoms with van der Waals surface area (Å²) >= 11 is 2.88. The molecule has 0 aliphatic rings. The van der Waals surface area contributed by atoms with Crippen LogP contribution in [-0.2, 0) is 10.1 Å². The second-order valence-corrected chi connectivity index (χ2v) is 3.73. The third-order valence-corrected chi connectivity index (χ3v) is 2.49. The molecule has 0 saturated carbocycles. The Morgan fingerprint density at radius 3 is 2.58 bits per heavy atom. The van der Waals surface area contributed by atoms with Crippen molar-refractivity contribution in [2.75, 3.05) is 6.61 Å². The number of pyridine rings is 1. The Bertz CT molecular complexity index is 479. The van der Waals surface area contributed by atoms with Crippen molar-refractivity contribution >= 4 is 21.9 Å². The molecule has 0 radical (unpaired) electrons. The number of hydrogen-bond donors (Lipinski definition) is 0. The van der Waals surface area contributed by atoms with Gasteiger partial charge in [-0.3, -0.25) is 0 Å². The Morgan fingerprint density at radius 2 is 2.11 bits per heavy atom. The van der Waals surface area contributed by atoms with Crippen LogP contribution in [0.25, 0.3) is 0 Å². The van der Waals surface area contributed by atoms with Gasteiger partial charge in [0.15, 0.2) is 5.82 Å². The number of ether oxygens (including phenoxy) is 2. The molecule has 0 spiro atoms. The van der Waals surface area contributed by atoms with Crippen LogP contribution >= 0.6 is 15.9 Å². The van der Waals surface area contributed by atoms with E-state index in [1.807, 2.05) is 0 Å². The first kappa shape index (κ1) is 15.7. The molecule has 0 bridgehead atoms. The second kappa shape index (κ2) is 6.18. The minimum Gasteiger partial charge on any atom is -0.462 e. The summed E-state index contributed by atoms with van der Waals surface area (Å²) in [4.78, 5) is 14.6. The van der Waals surface area contributed by atoms with Crippen LogP contribution in [-0.4, -0.2) is 23.9 Å². The zero-order valence-electron chi connectivity index (χ0n) is 9.55. The minimum atomic E-state index is -5.07. The van der Waals surface area contributed by atoms with Crippen molar-refractivity contribution in [3.63, 3.8) is 0 Å². The molecule has 1 aromatic heterocycles. The van der Waals surface area contributed by atoms with E-state index in [9.17, 15) is 22.4 Å². The fourth-order valence-corrected chi connectivity index (χ4v) is 1.75. The molecule has 1 aromatic rings. The number of esters is 1. The Hall–Kier alpha value is -1.38. The van der Waals surface area contributed by atoms with Crippen LogP contribution < -0.4 is 4.74 Å². The van der Waals surface area contributed by atoms with Crippen LogP contribution in [0.5, 0.6) is 5.88 Å². The average Bonchev–Trinajstić information content (AvgIpc) is 2.30. The number of aromatic nitrogens is 1. The van der Waals surface area contributed by atoms with E-state index in [0.717, 1.165) is 6.20 Å². The number of hydrogen-bond acceptors (Lipinski definition) is 4. The lowest BCUT2D eigenvalue weighted by Gasteiger charge is -2.12. The Morgan fingerprint density at radius 1 is 1.47 bits per heavy atom. The van der Waals surface area contributed by atoms with Crippen molar-refractivity contribution in [3.8, 4) is 5.88 Å². The van der Waals surface area contributed by atoms with Gasteiger partial charge in [-0.2, -0.15) is 0 Å². The van der Waals surface area contributed by atoms with Gasteiger partial charge in [-0.05, 0) is 6.92 Å². The number of alkyl halides is 4. The van der Waals surface area contributed by atoms with Crippen LogP contribution in [0.1, 0.15) is 22.8 Å². The third-order valence-electron chi connectivity index (χ3n) is 1.93. The second-order valence-electron chi connectivity index (χ2n) is 3.17. The maximum Gasteiger partial charge on any atom is 0.574 e. The standard InChI is InChI=1S/C10H8BrF4NO3/c1-2-18-9(17)6-4-16-8(19-10(13,14)15)7(12)5(6)3-11/h4H,2-3H2,1H3. The maximum atomic E-state index is 13.7. The van der Waals surface area contributed by atoms with Crippen molar-refractivity contribution in [2.45, 2.75) is 18.6 Å². The van der Waals surface area contributed by atoms with Gasteiger partial charge >= 0.3 is 12.3 Å². The predicted octanol–water partition coefficient (Wildman–Crippen LogP) is 3.19. The van der Waals surface area contributed by atoms with Crippen molar-refractivity contribution in [2.24, 2.45) is 0 Å². The molecular weight excluding hydrogens is 338 g/mol. The van der Waals surface area contributed by atoms with E-state index in [0.29, 0.717) is 0 Å². The molecular formula is C10H8BrF4NO3. The van der Waals surface area contributed by atoms with Gasteiger partial charge in [0, 0.05) is 17.1 Å². The summed E-state index contributed by atoms with van der Waals surface area (Å²) in [6.07, 6.45) is -4.29. The smallest absolute Gasteiger partial charge is 0.462 e. The van der Waals surface area contributed by atoms with E-state index in [1.165, 1.54) is 6.92 Å². The molecule has 1 heterocycles. The zero-order valence-corrected chi connectivity index (χ0v) is 11.1. The highest BCUT2D eigenvalue weighted by atomic mass is 79.9. The first-order chi connectivity index (χ1) is 8.80. The fraction of sp³-hybridized carbons (Fsp3) is 0.400. The Labute approximate surface area is 113 Å². The molecule has 0 amide bonds. The average molecular weight is 346 g/mol. The largest absolute Gasteiger partial charge is 0.574 e. The number of rotatable bonds is 4. The number of carbonyl (C=O) groups excluding carboxylic acids is 1. The summed E-state index contributed by atoms with van der Waals surface area (Å²) in [5.74, 6) is -3.48. The zero-order chi connectivity index (χ0) is 14.6. The van der Waals surface area contributed by atoms with E-state index in [1.54, 1.807) is 0 Å². The topological polar surface area (TPSA) is 48.4 Å². The quantitative estimate of drug-likeness (QED) is 0.477. The van der Waals surface area contributed by atoms with Crippen LogP contribution in [0.2, 0.25) is 0 Å². The van der Waals surface area contributed by atoms with E-state index >= 15 is 0 Å². The van der Waals surface area contributed by atoms with E-state index in [-0.39, 0.29) is 23.1 Å². The highest BCUT2D eigenvalue weighted by molar-refractivity contribution is 9.08. The van der Waals surface area contributed by atoms with Gasteiger partial charge in [0.05, 0.1) is 12.2 Å². The van der Waals surface area contributed by atoms with Crippen LogP contribution in [0.15, 0.2) is 6.20 Å². The van der Waals surface area contributed by atoms with Crippen LogP contribution in [0.4, 0.5) is 17.6 Å². The van der Waals surface area contributed by atoms with E-state index in [4.69, 9.17) is 0 Å². The molecule has 9 heteroatoms. The SMILES string of the molecule is CCOC(=O)c1cnc(OC(F)(F)F)c(F)c1CBr. The molecule has 0 aromatic carbocycles. The van der Waals surface area contributed by atoms with Gasteiger partial charge in [0.2, 0.25) is 0 Å². The summed E-state index contributed by atoms with van der Waals surface area (Å²) in [5, 5.41) is -0.191. The summed E-state index contributed by atoms with van der Waals surface area (Å²) in [5.41, 5.74) is -0.571. The number of halogens is 5. The molecule has 0 N–H and O–H groups in total. The first-order valence-corrected chi connectivity index (χ1v) is 6.08. The normalized spacial score (nSPS) is 11.3. The maximum absolute atomic E-state index is 13.7. The molecule has 1 rings (SSSR count). The summed E-state index contributed by atoms with van der Waals surface area (Å²) in [7, 11) is 0. The number of nitrogens with zero attached hydrogens (tertiary/aromatic N) is 1. The van der Waals surface area contributed by atoms with E-state index in [2.05, 4.69) is 30.4 Å². The first-order valence-electron chi connectivity index (χ1n) is 4.96. The third kappa shape index (κ3) is 4.05. The predicted molar refractivity (Wildman–Crippen MR) is 59.5 cm³/mol. The lowest BCUT2D eigenvalue weighted by Crippen LogP contribution is -2.20. The van der Waals surface area contributed by atoms with Gasteiger partial charge in [-0.15, -0.1) is 13.2 Å². The van der Waals surface area contributed by atoms with Gasteiger partial charge in [-0.1, -0.05) is 15.9 Å². The molecule has 0 unspecified atom stereocenters. The van der Waals surface area contributed by atoms with Crippen molar-refractivity contribution in [1.29, 1.82) is 0 Å². The fourth-order valence-electron chi connectivity index (χ4n) is 1.20. The molecule has 0 fully saturated rings. The minimum absolute atomic E-state index is 0.0446. The monoisotopic (exact) mass is 345 g/mol. The lowest BCUT2D eigenvalue weighted by atomic mass is 10.1. The van der Waals surface area contributed by atoms with Gasteiger partial charge < -0.3 is 9.47 Å². The molecule has 0 aliphatic heterocycles. The highest BCUT2D eigenvalue weighted by Gasteiger charge is 2.34. The van der Waals surface area contributed by atoms with E-state index < -0.39 is 24.0 Å². The molecule has 0 aliphatic carbocycles. The molecule has 106 valence electrons. The van der Waals surface area contributed by atoms with Crippen molar-refractivity contribution in [3.05, 3.63) is 23.1 Å². The van der Waals surface area contributed by atoms with Crippen molar-refractivity contribution in [1.82, 2.24) is 4.98 Å². The summed E-state index contributed by atoms with van der Waals surface area (Å²) in [6, 6.07) is 0. The van der Waals surface area contributed by atoms with Gasteiger partial charge in [-0.25, -0.2) is 14.2 Å². The molecule has 0 saturated heterocycles. The van der Waals surface area contributed by atoms with Crippen molar-refractivity contribution < 1.29 is 31.8 Å².